The van der Waals surface area contributed by atoms with E-state index in [0.29, 0.717) is 34.7 Å². The van der Waals surface area contributed by atoms with Gasteiger partial charge in [-0.2, -0.15) is 0 Å². The fraction of sp³-hybridized carbons (Fsp3) is 0.280. The van der Waals surface area contributed by atoms with Gasteiger partial charge in [-0.3, -0.25) is 9.78 Å². The molecule has 1 N–H and O–H groups in total. The Balaban J connectivity index is 1.63. The van der Waals surface area contributed by atoms with E-state index in [0.717, 1.165) is 11.3 Å². The lowest BCUT2D eigenvalue weighted by Gasteiger charge is -2.15. The van der Waals surface area contributed by atoms with Gasteiger partial charge in [0.1, 0.15) is 17.1 Å². The maximum atomic E-state index is 13.3. The van der Waals surface area contributed by atoms with Crippen LogP contribution in [0.5, 0.6) is 5.75 Å². The van der Waals surface area contributed by atoms with Crippen molar-refractivity contribution in [3.8, 4) is 17.0 Å². The quantitative estimate of drug-likeness (QED) is 0.441. The number of fused-ring (bicyclic) bond motifs is 1. The fourth-order valence-electron chi connectivity index (χ4n) is 4.49. The van der Waals surface area contributed by atoms with Crippen LogP contribution in [-0.2, 0) is 16.4 Å². The van der Waals surface area contributed by atoms with E-state index in [4.69, 9.17) is 4.74 Å². The first-order chi connectivity index (χ1) is 16.8. The SMILES string of the molecule is COc1cccc(-c2cc3c(nc(C)n3C3CCS(=O)(=O)C3)c(C(=O)NCc3ccccn3)n2)c1. The van der Waals surface area contributed by atoms with E-state index in [2.05, 4.69) is 20.3 Å². The number of carbonyl (C=O) groups excluding carboxylic acids is 1. The minimum Gasteiger partial charge on any atom is -0.497 e. The highest BCUT2D eigenvalue weighted by atomic mass is 32.2. The molecule has 0 aliphatic carbocycles. The van der Waals surface area contributed by atoms with E-state index in [-0.39, 0.29) is 35.7 Å². The Kier molecular flexibility index (Phi) is 5.98. The molecule has 1 saturated heterocycles. The Bertz CT molecular complexity index is 1520. The number of rotatable bonds is 6. The molecule has 4 aromatic rings. The molecule has 3 aromatic heterocycles. The molecule has 180 valence electrons. The Morgan fingerprint density at radius 3 is 2.74 bits per heavy atom. The van der Waals surface area contributed by atoms with E-state index in [9.17, 15) is 13.2 Å². The van der Waals surface area contributed by atoms with Crippen LogP contribution in [-0.4, -0.2) is 52.5 Å². The summed E-state index contributed by atoms with van der Waals surface area (Å²) in [5, 5.41) is 2.89. The molecule has 0 saturated carbocycles. The van der Waals surface area contributed by atoms with Crippen LogP contribution in [0.1, 0.15) is 34.5 Å². The van der Waals surface area contributed by atoms with Gasteiger partial charge in [-0.1, -0.05) is 18.2 Å². The highest BCUT2D eigenvalue weighted by Gasteiger charge is 2.32. The number of sulfone groups is 1. The van der Waals surface area contributed by atoms with Crippen molar-refractivity contribution >= 4 is 26.8 Å². The van der Waals surface area contributed by atoms with E-state index in [1.54, 1.807) is 13.3 Å². The normalized spacial score (nSPS) is 16.9. The van der Waals surface area contributed by atoms with Crippen LogP contribution in [0.2, 0.25) is 0 Å². The predicted molar refractivity (Wildman–Crippen MR) is 132 cm³/mol. The first kappa shape index (κ1) is 23.0. The van der Waals surface area contributed by atoms with Gasteiger partial charge in [-0.15, -0.1) is 0 Å². The Morgan fingerprint density at radius 2 is 2.03 bits per heavy atom. The van der Waals surface area contributed by atoms with Gasteiger partial charge in [-0.05, 0) is 43.7 Å². The number of ether oxygens (including phenoxy) is 1. The summed E-state index contributed by atoms with van der Waals surface area (Å²) < 4.78 is 31.7. The maximum absolute atomic E-state index is 13.3. The lowest BCUT2D eigenvalue weighted by molar-refractivity contribution is 0.0947. The molecule has 10 heteroatoms. The molecule has 0 bridgehead atoms. The second-order valence-corrected chi connectivity index (χ2v) is 10.8. The lowest BCUT2D eigenvalue weighted by atomic mass is 10.1. The summed E-state index contributed by atoms with van der Waals surface area (Å²) in [4.78, 5) is 26.9. The Labute approximate surface area is 203 Å². The average Bonchev–Trinajstić information content (AvgIpc) is 3.39. The third-order valence-electron chi connectivity index (χ3n) is 6.16. The molecular weight excluding hydrogens is 466 g/mol. The number of pyridine rings is 2. The van der Waals surface area contributed by atoms with Gasteiger partial charge < -0.3 is 14.6 Å². The molecule has 1 aliphatic rings. The number of nitrogens with one attached hydrogen (secondary N) is 1. The first-order valence-electron chi connectivity index (χ1n) is 11.3. The number of aromatic nitrogens is 4. The molecule has 1 unspecified atom stereocenters. The second kappa shape index (κ2) is 9.10. The molecule has 35 heavy (non-hydrogen) atoms. The van der Waals surface area contributed by atoms with Crippen molar-refractivity contribution in [2.24, 2.45) is 0 Å². The van der Waals surface area contributed by atoms with Crippen LogP contribution in [0.15, 0.2) is 54.7 Å². The molecule has 9 nitrogen and oxygen atoms in total. The van der Waals surface area contributed by atoms with E-state index in [1.807, 2.05) is 60.0 Å². The molecule has 0 radical (unpaired) electrons. The number of methoxy groups -OCH3 is 1. The van der Waals surface area contributed by atoms with E-state index in [1.165, 1.54) is 0 Å². The highest BCUT2D eigenvalue weighted by Crippen LogP contribution is 2.33. The topological polar surface area (TPSA) is 116 Å². The number of carbonyl (C=O) groups is 1. The summed E-state index contributed by atoms with van der Waals surface area (Å²) in [6, 6.07) is 14.5. The lowest BCUT2D eigenvalue weighted by Crippen LogP contribution is -2.25. The van der Waals surface area contributed by atoms with Crippen LogP contribution in [0.25, 0.3) is 22.3 Å². The minimum absolute atomic E-state index is 0.0529. The standard InChI is InChI=1S/C25H25N5O4S/c1-16-28-23-22(30(16)19-9-11-35(32,33)15-19)13-21(17-6-5-8-20(12-17)34-2)29-24(23)25(31)27-14-18-7-3-4-10-26-18/h3-8,10,12-13,19H,9,11,14-15H2,1-2H3,(H,27,31). The minimum atomic E-state index is -3.11. The number of hydrogen-bond donors (Lipinski definition) is 1. The highest BCUT2D eigenvalue weighted by molar-refractivity contribution is 7.91. The zero-order valence-electron chi connectivity index (χ0n) is 19.4. The number of imidazole rings is 1. The fourth-order valence-corrected chi connectivity index (χ4v) is 6.19. The zero-order valence-corrected chi connectivity index (χ0v) is 20.2. The molecular formula is C25H25N5O4S. The monoisotopic (exact) mass is 491 g/mol. The van der Waals surface area contributed by atoms with E-state index < -0.39 is 9.84 Å². The average molecular weight is 492 g/mol. The van der Waals surface area contributed by atoms with Crippen LogP contribution >= 0.6 is 0 Å². The van der Waals surface area contributed by atoms with Crippen molar-refractivity contribution in [1.82, 2.24) is 24.8 Å². The smallest absolute Gasteiger partial charge is 0.272 e. The summed E-state index contributed by atoms with van der Waals surface area (Å²) in [5.41, 5.74) is 3.37. The molecule has 1 amide bonds. The van der Waals surface area contributed by atoms with Gasteiger partial charge in [-0.25, -0.2) is 18.4 Å². The molecule has 4 heterocycles. The van der Waals surface area contributed by atoms with Gasteiger partial charge in [0.15, 0.2) is 15.5 Å². The van der Waals surface area contributed by atoms with Crippen LogP contribution in [0.3, 0.4) is 0 Å². The van der Waals surface area contributed by atoms with Gasteiger partial charge in [0.25, 0.3) is 5.91 Å². The Hall–Kier alpha value is -3.79. The maximum Gasteiger partial charge on any atom is 0.272 e. The van der Waals surface area contributed by atoms with Gasteiger partial charge in [0.2, 0.25) is 0 Å². The Morgan fingerprint density at radius 1 is 1.17 bits per heavy atom. The molecule has 1 fully saturated rings. The molecule has 1 aliphatic heterocycles. The van der Waals surface area contributed by atoms with Crippen LogP contribution < -0.4 is 10.1 Å². The van der Waals surface area contributed by atoms with Crippen LogP contribution in [0, 0.1) is 6.92 Å². The summed E-state index contributed by atoms with van der Waals surface area (Å²) in [6.07, 6.45) is 2.18. The van der Waals surface area contributed by atoms with Gasteiger partial charge in [0.05, 0.1) is 48.1 Å². The molecule has 1 atom stereocenters. The first-order valence-corrected chi connectivity index (χ1v) is 13.1. The van der Waals surface area contributed by atoms with Crippen molar-refractivity contribution in [2.75, 3.05) is 18.6 Å². The third kappa shape index (κ3) is 4.61. The molecule has 0 spiro atoms. The largest absolute Gasteiger partial charge is 0.497 e. The number of benzene rings is 1. The number of amides is 1. The van der Waals surface area contributed by atoms with Crippen LogP contribution in [0.4, 0.5) is 0 Å². The second-order valence-electron chi connectivity index (χ2n) is 8.55. The summed E-state index contributed by atoms with van der Waals surface area (Å²) in [7, 11) is -1.52. The molecule has 1 aromatic carbocycles. The van der Waals surface area contributed by atoms with Gasteiger partial charge >= 0.3 is 0 Å². The van der Waals surface area contributed by atoms with E-state index >= 15 is 0 Å². The summed E-state index contributed by atoms with van der Waals surface area (Å²) in [5.74, 6) is 1.12. The number of aryl methyl sites for hydroxylation is 1. The third-order valence-corrected chi connectivity index (χ3v) is 7.92. The number of nitrogens with zero attached hydrogens (tertiary/aromatic N) is 4. The van der Waals surface area contributed by atoms with Crippen molar-refractivity contribution < 1.29 is 17.9 Å². The van der Waals surface area contributed by atoms with Crippen molar-refractivity contribution in [3.05, 3.63) is 71.9 Å². The zero-order chi connectivity index (χ0) is 24.6. The van der Waals surface area contributed by atoms with Crippen molar-refractivity contribution in [1.29, 1.82) is 0 Å². The number of hydrogen-bond acceptors (Lipinski definition) is 7. The molecule has 5 rings (SSSR count). The van der Waals surface area contributed by atoms with Crippen molar-refractivity contribution in [3.63, 3.8) is 0 Å². The van der Waals surface area contributed by atoms with Crippen molar-refractivity contribution in [2.45, 2.75) is 25.9 Å². The predicted octanol–water partition coefficient (Wildman–Crippen LogP) is 3.10. The summed E-state index contributed by atoms with van der Waals surface area (Å²) >= 11 is 0. The summed E-state index contributed by atoms with van der Waals surface area (Å²) in [6.45, 7) is 2.07. The van der Waals surface area contributed by atoms with Gasteiger partial charge in [0, 0.05) is 11.8 Å².